The molecule has 128 valence electrons. The van der Waals surface area contributed by atoms with E-state index in [0.29, 0.717) is 5.92 Å². The van der Waals surface area contributed by atoms with E-state index in [2.05, 4.69) is 44.9 Å². The highest BCUT2D eigenvalue weighted by Gasteiger charge is 2.34. The van der Waals surface area contributed by atoms with Crippen molar-refractivity contribution in [1.29, 1.82) is 0 Å². The zero-order valence-electron chi connectivity index (χ0n) is 15.0. The molecule has 1 atom stereocenters. The van der Waals surface area contributed by atoms with Crippen LogP contribution in [0.1, 0.15) is 61.4 Å². The van der Waals surface area contributed by atoms with Gasteiger partial charge in [-0.25, -0.2) is 9.48 Å². The van der Waals surface area contributed by atoms with Crippen LogP contribution in [-0.2, 0) is 19.3 Å². The van der Waals surface area contributed by atoms with Crippen molar-refractivity contribution in [3.63, 3.8) is 0 Å². The van der Waals surface area contributed by atoms with Gasteiger partial charge in [0.15, 0.2) is 5.69 Å². The van der Waals surface area contributed by atoms with Gasteiger partial charge in [0, 0.05) is 11.3 Å². The Bertz CT molecular complexity index is 751. The number of aryl methyl sites for hydroxylation is 1. The molecule has 0 saturated carbocycles. The Morgan fingerprint density at radius 1 is 1.29 bits per heavy atom. The Balaban J connectivity index is 2.05. The molecule has 1 aromatic carbocycles. The van der Waals surface area contributed by atoms with Crippen LogP contribution < -0.4 is 0 Å². The van der Waals surface area contributed by atoms with E-state index in [0.717, 1.165) is 42.6 Å². The molecule has 1 aliphatic carbocycles. The normalized spacial score (nSPS) is 17.6. The van der Waals surface area contributed by atoms with Crippen molar-refractivity contribution < 1.29 is 9.90 Å². The van der Waals surface area contributed by atoms with Crippen molar-refractivity contribution in [2.45, 2.75) is 53.4 Å². The molecule has 24 heavy (non-hydrogen) atoms. The van der Waals surface area contributed by atoms with Gasteiger partial charge in [-0.05, 0) is 54.7 Å². The van der Waals surface area contributed by atoms with Gasteiger partial charge in [0.25, 0.3) is 0 Å². The summed E-state index contributed by atoms with van der Waals surface area (Å²) in [4.78, 5) is 11.7. The Kier molecular flexibility index (Phi) is 4.24. The molecule has 0 radical (unpaired) electrons. The van der Waals surface area contributed by atoms with Crippen molar-refractivity contribution in [1.82, 2.24) is 9.78 Å². The van der Waals surface area contributed by atoms with Crippen molar-refractivity contribution in [3.8, 4) is 5.69 Å². The number of carbonyl (C=O) groups is 1. The van der Waals surface area contributed by atoms with Crippen LogP contribution in [0.3, 0.4) is 0 Å². The predicted molar refractivity (Wildman–Crippen MR) is 94.9 cm³/mol. The van der Waals surface area contributed by atoms with E-state index in [-0.39, 0.29) is 11.1 Å². The molecule has 1 aromatic heterocycles. The molecule has 1 N–H and O–H groups in total. The van der Waals surface area contributed by atoms with Gasteiger partial charge < -0.3 is 5.11 Å². The Morgan fingerprint density at radius 2 is 1.96 bits per heavy atom. The van der Waals surface area contributed by atoms with Gasteiger partial charge in [0.05, 0.1) is 5.69 Å². The lowest BCUT2D eigenvalue weighted by molar-refractivity contribution is 0.0687. The van der Waals surface area contributed by atoms with E-state index in [1.807, 2.05) is 16.8 Å². The van der Waals surface area contributed by atoms with Crippen LogP contribution in [0.5, 0.6) is 0 Å². The maximum atomic E-state index is 11.7. The zero-order chi connectivity index (χ0) is 17.5. The third-order valence-electron chi connectivity index (χ3n) is 5.29. The molecule has 0 amide bonds. The van der Waals surface area contributed by atoms with Crippen molar-refractivity contribution in [2.75, 3.05) is 0 Å². The molecule has 4 heteroatoms. The summed E-state index contributed by atoms with van der Waals surface area (Å²) in [5, 5.41) is 14.0. The second kappa shape index (κ2) is 6.08. The molecule has 0 fully saturated rings. The molecule has 0 spiro atoms. The van der Waals surface area contributed by atoms with Crippen LogP contribution in [-0.4, -0.2) is 20.9 Å². The third kappa shape index (κ3) is 2.97. The number of carboxylic acid groups (broad SMARTS) is 1. The highest BCUT2D eigenvalue weighted by Crippen LogP contribution is 2.39. The molecular weight excluding hydrogens is 300 g/mol. The summed E-state index contributed by atoms with van der Waals surface area (Å²) in [5.74, 6) is -0.437. The number of hydrogen-bond donors (Lipinski definition) is 1. The summed E-state index contributed by atoms with van der Waals surface area (Å²) in [5.41, 5.74) is 4.61. The van der Waals surface area contributed by atoms with E-state index in [1.54, 1.807) is 0 Å². The van der Waals surface area contributed by atoms with Crippen molar-refractivity contribution >= 4 is 5.97 Å². The van der Waals surface area contributed by atoms with E-state index < -0.39 is 5.97 Å². The lowest BCUT2D eigenvalue weighted by Gasteiger charge is -2.34. The van der Waals surface area contributed by atoms with Crippen LogP contribution in [0, 0.1) is 11.3 Å². The monoisotopic (exact) mass is 326 g/mol. The fourth-order valence-electron chi connectivity index (χ4n) is 3.61. The Labute approximate surface area is 143 Å². The summed E-state index contributed by atoms with van der Waals surface area (Å²) < 4.78 is 1.84. The quantitative estimate of drug-likeness (QED) is 0.915. The van der Waals surface area contributed by atoms with Crippen LogP contribution >= 0.6 is 0 Å². The number of carboxylic acids is 1. The fourth-order valence-corrected chi connectivity index (χ4v) is 3.61. The number of fused-ring (bicyclic) bond motifs is 1. The van der Waals surface area contributed by atoms with E-state index in [9.17, 15) is 9.90 Å². The molecule has 0 saturated heterocycles. The lowest BCUT2D eigenvalue weighted by Crippen LogP contribution is -2.27. The first-order valence-corrected chi connectivity index (χ1v) is 8.74. The maximum absolute atomic E-state index is 11.7. The van der Waals surface area contributed by atoms with Crippen LogP contribution in [0.4, 0.5) is 0 Å². The van der Waals surface area contributed by atoms with E-state index >= 15 is 0 Å². The van der Waals surface area contributed by atoms with Crippen molar-refractivity contribution in [2.24, 2.45) is 11.3 Å². The van der Waals surface area contributed by atoms with Gasteiger partial charge in [-0.3, -0.25) is 0 Å². The van der Waals surface area contributed by atoms with E-state index in [1.165, 1.54) is 5.56 Å². The average molecular weight is 326 g/mol. The first kappa shape index (κ1) is 16.7. The largest absolute Gasteiger partial charge is 0.476 e. The van der Waals surface area contributed by atoms with Crippen LogP contribution in [0.15, 0.2) is 24.3 Å². The highest BCUT2D eigenvalue weighted by atomic mass is 16.4. The summed E-state index contributed by atoms with van der Waals surface area (Å²) in [6.45, 7) is 8.82. The number of benzene rings is 1. The van der Waals surface area contributed by atoms with Gasteiger partial charge in [0.2, 0.25) is 0 Å². The zero-order valence-corrected chi connectivity index (χ0v) is 15.0. The van der Waals surface area contributed by atoms with Gasteiger partial charge >= 0.3 is 5.97 Å². The van der Waals surface area contributed by atoms with E-state index in [4.69, 9.17) is 0 Å². The SMILES string of the molecule is CCc1ccc(-n2nc(C(=O)O)c3c2CCC(C(C)(C)C)C3)cc1. The van der Waals surface area contributed by atoms with Gasteiger partial charge in [0.1, 0.15) is 0 Å². The summed E-state index contributed by atoms with van der Waals surface area (Å²) in [6.07, 6.45) is 3.75. The average Bonchev–Trinajstić information content (AvgIpc) is 2.93. The number of nitrogens with zero attached hydrogens (tertiary/aromatic N) is 2. The highest BCUT2D eigenvalue weighted by molar-refractivity contribution is 5.87. The first-order valence-electron chi connectivity index (χ1n) is 8.74. The molecule has 0 aliphatic heterocycles. The molecule has 4 nitrogen and oxygen atoms in total. The summed E-state index contributed by atoms with van der Waals surface area (Å²) >= 11 is 0. The second-order valence-corrected chi connectivity index (χ2v) is 7.82. The number of aromatic nitrogens is 2. The molecule has 1 aliphatic rings. The minimum absolute atomic E-state index is 0.179. The number of rotatable bonds is 3. The standard InChI is InChI=1S/C20H26N2O2/c1-5-13-6-9-15(10-7-13)22-17-11-8-14(20(2,3)4)12-16(17)18(21-22)19(23)24/h6-7,9-10,14H,5,8,11-12H2,1-4H3,(H,23,24). The van der Waals surface area contributed by atoms with Gasteiger partial charge in [-0.1, -0.05) is 39.8 Å². The topological polar surface area (TPSA) is 55.1 Å². The smallest absolute Gasteiger partial charge is 0.356 e. The second-order valence-electron chi connectivity index (χ2n) is 7.82. The molecule has 3 rings (SSSR count). The molecular formula is C20H26N2O2. The minimum atomic E-state index is -0.926. The van der Waals surface area contributed by atoms with Crippen LogP contribution in [0.2, 0.25) is 0 Å². The summed E-state index contributed by atoms with van der Waals surface area (Å²) in [7, 11) is 0. The minimum Gasteiger partial charge on any atom is -0.476 e. The predicted octanol–water partition coefficient (Wildman–Crippen LogP) is 4.28. The molecule has 1 heterocycles. The molecule has 0 bridgehead atoms. The van der Waals surface area contributed by atoms with Gasteiger partial charge in [-0.15, -0.1) is 0 Å². The Morgan fingerprint density at radius 3 is 2.50 bits per heavy atom. The summed E-state index contributed by atoms with van der Waals surface area (Å²) in [6, 6.07) is 8.25. The first-order chi connectivity index (χ1) is 11.3. The third-order valence-corrected chi connectivity index (χ3v) is 5.29. The molecule has 1 unspecified atom stereocenters. The molecule has 2 aromatic rings. The number of hydrogen-bond acceptors (Lipinski definition) is 2. The Hall–Kier alpha value is -2.10. The maximum Gasteiger partial charge on any atom is 0.356 e. The fraction of sp³-hybridized carbons (Fsp3) is 0.500. The van der Waals surface area contributed by atoms with Crippen molar-refractivity contribution in [3.05, 3.63) is 46.8 Å². The number of aromatic carboxylic acids is 1. The van der Waals surface area contributed by atoms with Gasteiger partial charge in [-0.2, -0.15) is 5.10 Å². The van der Waals surface area contributed by atoms with Crippen LogP contribution in [0.25, 0.3) is 5.69 Å². The lowest BCUT2D eigenvalue weighted by atomic mass is 9.71.